The lowest BCUT2D eigenvalue weighted by atomic mass is 9.77. The van der Waals surface area contributed by atoms with Gasteiger partial charge in [0.2, 0.25) is 0 Å². The van der Waals surface area contributed by atoms with Gasteiger partial charge in [0.05, 0.1) is 5.75 Å². The van der Waals surface area contributed by atoms with Crippen LogP contribution < -0.4 is 0 Å². The molecule has 2 nitrogen and oxygen atoms in total. The lowest BCUT2D eigenvalue weighted by molar-refractivity contribution is 0.321. The first-order valence-corrected chi connectivity index (χ1v) is 10.2. The molecular weight excluding hydrogens is 304 g/mol. The summed E-state index contributed by atoms with van der Waals surface area (Å²) in [4.78, 5) is 0. The van der Waals surface area contributed by atoms with Crippen LogP contribution in [0.5, 0.6) is 0 Å². The van der Waals surface area contributed by atoms with E-state index in [-0.39, 0.29) is 11.1 Å². The van der Waals surface area contributed by atoms with E-state index in [0.29, 0.717) is 30.4 Å². The minimum Gasteiger partial charge on any atom is -0.229 e. The zero-order valence-electron chi connectivity index (χ0n) is 12.7. The first-order chi connectivity index (χ1) is 10.0. The summed E-state index contributed by atoms with van der Waals surface area (Å²) in [6.07, 6.45) is 4.51. The number of benzene rings is 1. The standard InChI is InChI=1S/C17H25ClO2S/c1-2-11-21(19,20)12-10-16-13-15(8-9-17(16)18)14-6-4-3-5-7-14/h3-7,15-17H,2,8-13H2,1H3. The van der Waals surface area contributed by atoms with Crippen molar-refractivity contribution in [1.82, 2.24) is 0 Å². The number of hydrogen-bond donors (Lipinski definition) is 0. The summed E-state index contributed by atoms with van der Waals surface area (Å²) in [7, 11) is -2.90. The van der Waals surface area contributed by atoms with Gasteiger partial charge in [0.15, 0.2) is 0 Å². The number of sulfone groups is 1. The van der Waals surface area contributed by atoms with Crippen molar-refractivity contribution >= 4 is 21.4 Å². The van der Waals surface area contributed by atoms with Crippen molar-refractivity contribution < 1.29 is 8.42 Å². The third kappa shape index (κ3) is 5.00. The number of halogens is 1. The van der Waals surface area contributed by atoms with Gasteiger partial charge in [0.25, 0.3) is 0 Å². The highest BCUT2D eigenvalue weighted by Gasteiger charge is 2.30. The van der Waals surface area contributed by atoms with Crippen LogP contribution in [0.4, 0.5) is 0 Å². The second-order valence-electron chi connectivity index (χ2n) is 6.14. The van der Waals surface area contributed by atoms with Gasteiger partial charge in [-0.05, 0) is 49.5 Å². The third-order valence-corrected chi connectivity index (χ3v) is 6.94. The Kier molecular flexibility index (Phi) is 6.12. The molecule has 21 heavy (non-hydrogen) atoms. The van der Waals surface area contributed by atoms with E-state index in [4.69, 9.17) is 11.6 Å². The van der Waals surface area contributed by atoms with E-state index >= 15 is 0 Å². The highest BCUT2D eigenvalue weighted by molar-refractivity contribution is 7.91. The highest BCUT2D eigenvalue weighted by atomic mass is 35.5. The topological polar surface area (TPSA) is 34.1 Å². The molecule has 1 aliphatic carbocycles. The summed E-state index contributed by atoms with van der Waals surface area (Å²) in [6.45, 7) is 1.91. The Hall–Kier alpha value is -0.540. The summed E-state index contributed by atoms with van der Waals surface area (Å²) in [5, 5.41) is 0.127. The van der Waals surface area contributed by atoms with Crippen molar-refractivity contribution in [3.8, 4) is 0 Å². The molecule has 0 amide bonds. The van der Waals surface area contributed by atoms with E-state index in [0.717, 1.165) is 19.3 Å². The molecule has 0 spiro atoms. The predicted octanol–water partition coefficient (Wildman–Crippen LogP) is 4.39. The Balaban J connectivity index is 1.96. The van der Waals surface area contributed by atoms with E-state index in [1.807, 2.05) is 13.0 Å². The van der Waals surface area contributed by atoms with Crippen LogP contribution in [0.2, 0.25) is 0 Å². The van der Waals surface area contributed by atoms with Crippen LogP contribution in [0, 0.1) is 5.92 Å². The molecule has 2 rings (SSSR count). The first-order valence-electron chi connectivity index (χ1n) is 7.91. The number of alkyl halides is 1. The molecule has 118 valence electrons. The lowest BCUT2D eigenvalue weighted by Crippen LogP contribution is -2.27. The Morgan fingerprint density at radius 1 is 1.14 bits per heavy atom. The van der Waals surface area contributed by atoms with E-state index in [1.54, 1.807) is 0 Å². The van der Waals surface area contributed by atoms with Crippen LogP contribution in [0.1, 0.15) is 50.5 Å². The maximum absolute atomic E-state index is 11.9. The Morgan fingerprint density at radius 2 is 1.86 bits per heavy atom. The summed E-state index contributed by atoms with van der Waals surface area (Å²) in [5.74, 6) is 1.43. The van der Waals surface area contributed by atoms with Crippen LogP contribution >= 0.6 is 11.6 Å². The molecule has 3 unspecified atom stereocenters. The SMILES string of the molecule is CCCS(=O)(=O)CCC1CC(c2ccccc2)CCC1Cl. The fourth-order valence-electron chi connectivity index (χ4n) is 3.30. The van der Waals surface area contributed by atoms with Crippen molar-refractivity contribution in [2.75, 3.05) is 11.5 Å². The quantitative estimate of drug-likeness (QED) is 0.726. The molecule has 1 aliphatic rings. The Morgan fingerprint density at radius 3 is 2.52 bits per heavy atom. The largest absolute Gasteiger partial charge is 0.229 e. The molecule has 3 atom stereocenters. The first kappa shape index (κ1) is 16.8. The lowest BCUT2D eigenvalue weighted by Gasteiger charge is -2.33. The minimum absolute atomic E-state index is 0.127. The molecule has 0 bridgehead atoms. The van der Waals surface area contributed by atoms with Crippen LogP contribution in [-0.2, 0) is 9.84 Å². The molecule has 0 saturated heterocycles. The van der Waals surface area contributed by atoms with E-state index in [1.165, 1.54) is 5.56 Å². The van der Waals surface area contributed by atoms with Crippen LogP contribution in [0.15, 0.2) is 30.3 Å². The maximum Gasteiger partial charge on any atom is 0.150 e. The molecule has 0 aromatic heterocycles. The summed E-state index contributed by atoms with van der Waals surface area (Å²) < 4.78 is 23.8. The number of hydrogen-bond acceptors (Lipinski definition) is 2. The van der Waals surface area contributed by atoms with Gasteiger partial charge in [-0.15, -0.1) is 11.6 Å². The smallest absolute Gasteiger partial charge is 0.150 e. The van der Waals surface area contributed by atoms with E-state index in [9.17, 15) is 8.42 Å². The monoisotopic (exact) mass is 328 g/mol. The van der Waals surface area contributed by atoms with Crippen LogP contribution in [0.3, 0.4) is 0 Å². The fraction of sp³-hybridized carbons (Fsp3) is 0.647. The van der Waals surface area contributed by atoms with Gasteiger partial charge in [-0.2, -0.15) is 0 Å². The van der Waals surface area contributed by atoms with Gasteiger partial charge in [0, 0.05) is 11.1 Å². The van der Waals surface area contributed by atoms with Gasteiger partial charge in [-0.25, -0.2) is 8.42 Å². The van der Waals surface area contributed by atoms with Crippen LogP contribution in [0.25, 0.3) is 0 Å². The molecule has 0 N–H and O–H groups in total. The minimum atomic E-state index is -2.90. The van der Waals surface area contributed by atoms with Crippen molar-refractivity contribution in [3.63, 3.8) is 0 Å². The summed E-state index contributed by atoms with van der Waals surface area (Å²) >= 11 is 6.45. The highest BCUT2D eigenvalue weighted by Crippen LogP contribution is 2.40. The normalized spacial score (nSPS) is 26.7. The van der Waals surface area contributed by atoms with Crippen LogP contribution in [-0.4, -0.2) is 25.3 Å². The molecule has 0 aliphatic heterocycles. The Labute approximate surface area is 133 Å². The van der Waals surface area contributed by atoms with Gasteiger partial charge in [0.1, 0.15) is 9.84 Å². The average Bonchev–Trinajstić information content (AvgIpc) is 2.47. The van der Waals surface area contributed by atoms with E-state index in [2.05, 4.69) is 24.3 Å². The zero-order chi connectivity index (χ0) is 15.3. The van der Waals surface area contributed by atoms with Crippen molar-refractivity contribution in [1.29, 1.82) is 0 Å². The summed E-state index contributed by atoms with van der Waals surface area (Å²) in [6, 6.07) is 10.5. The van der Waals surface area contributed by atoms with Gasteiger partial charge in [-0.3, -0.25) is 0 Å². The third-order valence-electron chi connectivity index (χ3n) is 4.48. The van der Waals surface area contributed by atoms with Crippen molar-refractivity contribution in [2.45, 2.75) is 50.3 Å². The average molecular weight is 329 g/mol. The molecule has 1 aromatic carbocycles. The zero-order valence-corrected chi connectivity index (χ0v) is 14.2. The molecule has 1 aromatic rings. The molecule has 4 heteroatoms. The number of rotatable bonds is 6. The van der Waals surface area contributed by atoms with Gasteiger partial charge < -0.3 is 0 Å². The molecule has 1 saturated carbocycles. The molecule has 0 radical (unpaired) electrons. The maximum atomic E-state index is 11.9. The Bertz CT molecular complexity index is 527. The molecular formula is C17H25ClO2S. The van der Waals surface area contributed by atoms with Gasteiger partial charge in [-0.1, -0.05) is 37.3 Å². The van der Waals surface area contributed by atoms with Crippen molar-refractivity contribution in [2.24, 2.45) is 5.92 Å². The van der Waals surface area contributed by atoms with Crippen molar-refractivity contribution in [3.05, 3.63) is 35.9 Å². The van der Waals surface area contributed by atoms with Gasteiger partial charge >= 0.3 is 0 Å². The predicted molar refractivity (Wildman–Crippen MR) is 89.7 cm³/mol. The summed E-state index contributed by atoms with van der Waals surface area (Å²) in [5.41, 5.74) is 1.36. The second kappa shape index (κ2) is 7.64. The molecule has 0 heterocycles. The molecule has 1 fully saturated rings. The second-order valence-corrected chi connectivity index (χ2v) is 9.00. The fourth-order valence-corrected chi connectivity index (χ4v) is 5.14. The van der Waals surface area contributed by atoms with E-state index < -0.39 is 9.84 Å².